The van der Waals surface area contributed by atoms with Crippen LogP contribution in [0.25, 0.3) is 0 Å². The van der Waals surface area contributed by atoms with Gasteiger partial charge in [0.2, 0.25) is 0 Å². The highest BCUT2D eigenvalue weighted by molar-refractivity contribution is 5.67. The number of hydrogen-bond donors (Lipinski definition) is 2. The molecule has 1 saturated carbocycles. The Bertz CT molecular complexity index is 373. The van der Waals surface area contributed by atoms with Crippen LogP contribution in [0.1, 0.15) is 39.0 Å². The number of nitrogens with one attached hydrogen (secondary N) is 2. The molecule has 4 atom stereocenters. The summed E-state index contributed by atoms with van der Waals surface area (Å²) < 4.78 is 17.0. The van der Waals surface area contributed by atoms with Gasteiger partial charge in [-0.1, -0.05) is 19.3 Å². The third-order valence-electron chi connectivity index (χ3n) is 4.98. The van der Waals surface area contributed by atoms with E-state index in [4.69, 9.17) is 14.2 Å². The summed E-state index contributed by atoms with van der Waals surface area (Å²) in [6, 6.07) is 0.217. The number of alkyl carbamates (subject to hydrolysis) is 1. The molecular weight excluding hydrogens is 284 g/mol. The fourth-order valence-electron chi connectivity index (χ4n) is 3.77. The molecule has 1 amide bonds. The summed E-state index contributed by atoms with van der Waals surface area (Å²) in [6.07, 6.45) is 5.95. The number of rotatable bonds is 5. The zero-order valence-electron chi connectivity index (χ0n) is 13.4. The molecule has 1 aliphatic carbocycles. The fraction of sp³-hybridized carbons (Fsp3) is 0.938. The zero-order valence-corrected chi connectivity index (χ0v) is 13.4. The number of amides is 1. The lowest BCUT2D eigenvalue weighted by atomic mass is 9.89. The Morgan fingerprint density at radius 3 is 2.68 bits per heavy atom. The minimum atomic E-state index is -0.390. The fourth-order valence-corrected chi connectivity index (χ4v) is 3.77. The summed E-state index contributed by atoms with van der Waals surface area (Å²) in [4.78, 5) is 11.5. The Hall–Kier alpha value is -0.850. The van der Waals surface area contributed by atoms with Gasteiger partial charge in [-0.25, -0.2) is 4.79 Å². The number of fused-ring (bicyclic) bond motifs is 1. The van der Waals surface area contributed by atoms with Gasteiger partial charge in [0.15, 0.2) is 6.10 Å². The van der Waals surface area contributed by atoms with E-state index < -0.39 is 0 Å². The number of ether oxygens (including phenoxy) is 3. The first-order valence-corrected chi connectivity index (χ1v) is 8.69. The Morgan fingerprint density at radius 2 is 1.91 bits per heavy atom. The molecule has 2 N–H and O–H groups in total. The Labute approximate surface area is 132 Å². The first-order chi connectivity index (χ1) is 10.8. The first kappa shape index (κ1) is 16.0. The van der Waals surface area contributed by atoms with Gasteiger partial charge in [0.05, 0.1) is 19.3 Å². The Kier molecular flexibility index (Phi) is 5.55. The van der Waals surface area contributed by atoms with Crippen LogP contribution < -0.4 is 10.6 Å². The van der Waals surface area contributed by atoms with E-state index in [0.717, 1.165) is 12.5 Å². The minimum absolute atomic E-state index is 0.00279. The van der Waals surface area contributed by atoms with Gasteiger partial charge in [0, 0.05) is 6.54 Å². The summed E-state index contributed by atoms with van der Waals surface area (Å²) in [6.45, 7) is 4.53. The highest BCUT2D eigenvalue weighted by atomic mass is 16.6. The van der Waals surface area contributed by atoms with Crippen molar-refractivity contribution in [2.24, 2.45) is 5.92 Å². The molecule has 2 saturated heterocycles. The monoisotopic (exact) mass is 312 g/mol. The van der Waals surface area contributed by atoms with Crippen molar-refractivity contribution < 1.29 is 19.0 Å². The maximum absolute atomic E-state index is 11.5. The number of carbonyl (C=O) groups excluding carboxylic acids is 1. The number of carbonyl (C=O) groups is 1. The van der Waals surface area contributed by atoms with Crippen LogP contribution in [0.4, 0.5) is 4.79 Å². The van der Waals surface area contributed by atoms with Crippen LogP contribution in [0.3, 0.4) is 0 Å². The van der Waals surface area contributed by atoms with Crippen LogP contribution in [-0.2, 0) is 14.2 Å². The lowest BCUT2D eigenvalue weighted by molar-refractivity contribution is 0.00396. The van der Waals surface area contributed by atoms with Gasteiger partial charge in [0.25, 0.3) is 0 Å². The molecule has 0 bridgehead atoms. The zero-order chi connectivity index (χ0) is 15.4. The molecule has 22 heavy (non-hydrogen) atoms. The molecule has 0 radical (unpaired) electrons. The number of hydrogen-bond acceptors (Lipinski definition) is 5. The third kappa shape index (κ3) is 3.73. The second kappa shape index (κ2) is 7.62. The average molecular weight is 312 g/mol. The van der Waals surface area contributed by atoms with Crippen molar-refractivity contribution >= 4 is 6.09 Å². The van der Waals surface area contributed by atoms with E-state index in [9.17, 15) is 4.79 Å². The van der Waals surface area contributed by atoms with Crippen molar-refractivity contribution in [3.8, 4) is 0 Å². The smallest absolute Gasteiger partial charge is 0.407 e. The standard InChI is InChI=1S/C16H28N2O4/c1-2-17-16(19)22-13-10-21-14-12(9-20-15(13)14)18-8-11-6-4-3-5-7-11/h11-15,18H,2-10H2,1H3,(H,17,19). The predicted molar refractivity (Wildman–Crippen MR) is 81.8 cm³/mol. The molecule has 2 aliphatic heterocycles. The SMILES string of the molecule is CCNC(=O)OC1COC2C(NCC3CCCCC3)COC12. The van der Waals surface area contributed by atoms with E-state index in [-0.39, 0.29) is 30.4 Å². The van der Waals surface area contributed by atoms with E-state index in [1.807, 2.05) is 6.92 Å². The van der Waals surface area contributed by atoms with Crippen molar-refractivity contribution in [3.05, 3.63) is 0 Å². The third-order valence-corrected chi connectivity index (χ3v) is 4.98. The molecule has 4 unspecified atom stereocenters. The van der Waals surface area contributed by atoms with Crippen molar-refractivity contribution in [1.29, 1.82) is 0 Å². The van der Waals surface area contributed by atoms with E-state index >= 15 is 0 Å². The second-order valence-corrected chi connectivity index (χ2v) is 6.59. The second-order valence-electron chi connectivity index (χ2n) is 6.59. The normalized spacial score (nSPS) is 35.3. The van der Waals surface area contributed by atoms with Crippen LogP contribution in [0.15, 0.2) is 0 Å². The highest BCUT2D eigenvalue weighted by Gasteiger charge is 2.49. The van der Waals surface area contributed by atoms with Crippen LogP contribution in [0.5, 0.6) is 0 Å². The van der Waals surface area contributed by atoms with Gasteiger partial charge in [-0.2, -0.15) is 0 Å². The van der Waals surface area contributed by atoms with E-state index in [2.05, 4.69) is 10.6 Å². The molecule has 0 aromatic rings. The van der Waals surface area contributed by atoms with E-state index in [0.29, 0.717) is 19.8 Å². The van der Waals surface area contributed by atoms with Crippen LogP contribution in [-0.4, -0.2) is 56.8 Å². The quantitative estimate of drug-likeness (QED) is 0.804. The summed E-state index contributed by atoms with van der Waals surface area (Å²) in [5.74, 6) is 0.789. The van der Waals surface area contributed by atoms with Crippen molar-refractivity contribution in [3.63, 3.8) is 0 Å². The molecule has 0 aromatic heterocycles. The molecule has 0 aromatic carbocycles. The first-order valence-electron chi connectivity index (χ1n) is 8.69. The Balaban J connectivity index is 1.44. The predicted octanol–water partition coefficient (Wildman–Crippen LogP) is 1.44. The molecular formula is C16H28N2O4. The summed E-state index contributed by atoms with van der Waals surface area (Å²) in [5, 5.41) is 6.26. The lowest BCUT2D eigenvalue weighted by Crippen LogP contribution is -2.43. The van der Waals surface area contributed by atoms with Gasteiger partial charge in [-0.15, -0.1) is 0 Å². The summed E-state index contributed by atoms with van der Waals surface area (Å²) >= 11 is 0. The average Bonchev–Trinajstić information content (AvgIpc) is 3.10. The Morgan fingerprint density at radius 1 is 1.14 bits per heavy atom. The maximum atomic E-state index is 11.5. The minimum Gasteiger partial charge on any atom is -0.441 e. The van der Waals surface area contributed by atoms with Gasteiger partial charge in [-0.3, -0.25) is 0 Å². The molecule has 126 valence electrons. The molecule has 3 rings (SSSR count). The summed E-state index contributed by atoms with van der Waals surface area (Å²) in [7, 11) is 0. The molecule has 3 aliphatic rings. The van der Waals surface area contributed by atoms with Gasteiger partial charge >= 0.3 is 6.09 Å². The van der Waals surface area contributed by atoms with Gasteiger partial charge in [0.1, 0.15) is 12.2 Å². The van der Waals surface area contributed by atoms with Crippen LogP contribution >= 0.6 is 0 Å². The highest BCUT2D eigenvalue weighted by Crippen LogP contribution is 2.30. The lowest BCUT2D eigenvalue weighted by Gasteiger charge is -2.25. The summed E-state index contributed by atoms with van der Waals surface area (Å²) in [5.41, 5.74) is 0. The largest absolute Gasteiger partial charge is 0.441 e. The van der Waals surface area contributed by atoms with Gasteiger partial charge in [-0.05, 0) is 32.2 Å². The molecule has 6 nitrogen and oxygen atoms in total. The van der Waals surface area contributed by atoms with Crippen LogP contribution in [0.2, 0.25) is 0 Å². The van der Waals surface area contributed by atoms with Crippen molar-refractivity contribution in [2.45, 2.75) is 63.4 Å². The van der Waals surface area contributed by atoms with Crippen LogP contribution in [0, 0.1) is 5.92 Å². The topological polar surface area (TPSA) is 68.8 Å². The van der Waals surface area contributed by atoms with E-state index in [1.165, 1.54) is 32.1 Å². The van der Waals surface area contributed by atoms with Crippen molar-refractivity contribution in [1.82, 2.24) is 10.6 Å². The van der Waals surface area contributed by atoms with Crippen molar-refractivity contribution in [2.75, 3.05) is 26.3 Å². The van der Waals surface area contributed by atoms with Gasteiger partial charge < -0.3 is 24.8 Å². The molecule has 3 fully saturated rings. The molecule has 6 heteroatoms. The molecule has 2 heterocycles. The van der Waals surface area contributed by atoms with E-state index in [1.54, 1.807) is 0 Å². The maximum Gasteiger partial charge on any atom is 0.407 e. The molecule has 0 spiro atoms.